The molecule has 1 atom stereocenters. The van der Waals surface area contributed by atoms with Gasteiger partial charge in [-0.25, -0.2) is 9.78 Å². The van der Waals surface area contributed by atoms with E-state index in [1.807, 2.05) is 0 Å². The van der Waals surface area contributed by atoms with Gasteiger partial charge in [0.1, 0.15) is 11.7 Å². The highest BCUT2D eigenvalue weighted by Gasteiger charge is 2.20. The minimum atomic E-state index is -1.10. The van der Waals surface area contributed by atoms with Crippen LogP contribution >= 0.6 is 15.9 Å². The van der Waals surface area contributed by atoms with Gasteiger partial charge >= 0.3 is 5.97 Å². The van der Waals surface area contributed by atoms with Gasteiger partial charge in [-0.2, -0.15) is 0 Å². The van der Waals surface area contributed by atoms with Gasteiger partial charge in [-0.1, -0.05) is 0 Å². The van der Waals surface area contributed by atoms with Gasteiger partial charge in [0.25, 0.3) is 5.91 Å². The fraction of sp³-hybridized carbons (Fsp3) is 0.364. The van der Waals surface area contributed by atoms with Crippen molar-refractivity contribution >= 4 is 27.8 Å². The monoisotopic (exact) mass is 316 g/mol. The molecule has 0 aliphatic carbocycles. The molecule has 18 heavy (non-hydrogen) atoms. The molecule has 1 unspecified atom stereocenters. The number of hydrogen-bond acceptors (Lipinski definition) is 4. The van der Waals surface area contributed by atoms with E-state index in [1.165, 1.54) is 19.4 Å². The van der Waals surface area contributed by atoms with Gasteiger partial charge in [-0.15, -0.1) is 0 Å². The lowest BCUT2D eigenvalue weighted by molar-refractivity contribution is -0.139. The van der Waals surface area contributed by atoms with Crippen LogP contribution in [0.2, 0.25) is 0 Å². The summed E-state index contributed by atoms with van der Waals surface area (Å²) in [4.78, 5) is 26.6. The number of nitrogens with one attached hydrogen (secondary N) is 1. The van der Waals surface area contributed by atoms with Crippen LogP contribution < -0.4 is 5.32 Å². The Bertz CT molecular complexity index is 422. The lowest BCUT2D eigenvalue weighted by atomic mass is 10.2. The number of carbonyl (C=O) groups is 2. The van der Waals surface area contributed by atoms with Gasteiger partial charge in [0.2, 0.25) is 0 Å². The van der Waals surface area contributed by atoms with Crippen molar-refractivity contribution in [3.8, 4) is 0 Å². The second-order valence-corrected chi connectivity index (χ2v) is 4.42. The number of methoxy groups -OCH3 is 1. The van der Waals surface area contributed by atoms with E-state index in [1.54, 1.807) is 6.07 Å². The Morgan fingerprint density at radius 1 is 1.56 bits per heavy atom. The number of pyridine rings is 1. The maximum atomic E-state index is 11.7. The van der Waals surface area contributed by atoms with E-state index in [9.17, 15) is 9.59 Å². The van der Waals surface area contributed by atoms with Gasteiger partial charge in [-0.05, 0) is 28.1 Å². The molecule has 0 aliphatic rings. The van der Waals surface area contributed by atoms with Crippen LogP contribution in [0.3, 0.4) is 0 Å². The van der Waals surface area contributed by atoms with Gasteiger partial charge < -0.3 is 15.2 Å². The average Bonchev–Trinajstić information content (AvgIpc) is 2.34. The van der Waals surface area contributed by atoms with Gasteiger partial charge in [0.05, 0.1) is 0 Å². The third kappa shape index (κ3) is 4.42. The normalized spacial score (nSPS) is 11.9. The number of rotatable bonds is 6. The minimum absolute atomic E-state index is 0.168. The number of aromatic nitrogens is 1. The highest BCUT2D eigenvalue weighted by molar-refractivity contribution is 9.10. The summed E-state index contributed by atoms with van der Waals surface area (Å²) < 4.78 is 5.53. The third-order valence-electron chi connectivity index (χ3n) is 2.17. The highest BCUT2D eigenvalue weighted by Crippen LogP contribution is 2.07. The standard InChI is InChI=1S/C11H13BrN2O4/c1-18-5-4-9(11(16)17)14-10(15)8-3-2-7(12)6-13-8/h2-3,6,9H,4-5H2,1H3,(H,14,15)(H,16,17). The molecule has 1 heterocycles. The number of carboxylic acids is 1. The van der Waals surface area contributed by atoms with Crippen LogP contribution in [-0.4, -0.2) is 41.7 Å². The molecule has 0 radical (unpaired) electrons. The molecule has 2 N–H and O–H groups in total. The summed E-state index contributed by atoms with van der Waals surface area (Å²) in [7, 11) is 1.47. The van der Waals surface area contributed by atoms with E-state index in [2.05, 4.69) is 26.2 Å². The summed E-state index contributed by atoms with van der Waals surface area (Å²) in [6.45, 7) is 0.255. The molecule has 0 saturated carbocycles. The molecule has 0 aliphatic heterocycles. The van der Waals surface area contributed by atoms with Crippen LogP contribution in [0.25, 0.3) is 0 Å². The number of carboxylic acid groups (broad SMARTS) is 1. The van der Waals surface area contributed by atoms with Gasteiger partial charge in [-0.3, -0.25) is 4.79 Å². The van der Waals surface area contributed by atoms with Crippen LogP contribution in [0, 0.1) is 0 Å². The summed E-state index contributed by atoms with van der Waals surface area (Å²) in [6.07, 6.45) is 1.67. The molecule has 0 saturated heterocycles. The Morgan fingerprint density at radius 3 is 2.78 bits per heavy atom. The minimum Gasteiger partial charge on any atom is -0.480 e. The highest BCUT2D eigenvalue weighted by atomic mass is 79.9. The van der Waals surface area contributed by atoms with Gasteiger partial charge in [0.15, 0.2) is 0 Å². The number of halogens is 1. The maximum Gasteiger partial charge on any atom is 0.326 e. The topological polar surface area (TPSA) is 88.5 Å². The second-order valence-electron chi connectivity index (χ2n) is 3.51. The number of carbonyl (C=O) groups excluding carboxylic acids is 1. The average molecular weight is 317 g/mol. The molecule has 1 amide bonds. The number of amides is 1. The smallest absolute Gasteiger partial charge is 0.326 e. The van der Waals surface area contributed by atoms with Crippen LogP contribution in [0.15, 0.2) is 22.8 Å². The van der Waals surface area contributed by atoms with Crippen molar-refractivity contribution in [1.82, 2.24) is 10.3 Å². The molecule has 98 valence electrons. The van der Waals surface area contributed by atoms with Crippen LogP contribution in [0.5, 0.6) is 0 Å². The lowest BCUT2D eigenvalue weighted by Crippen LogP contribution is -2.41. The molecule has 1 aromatic rings. The first-order valence-corrected chi connectivity index (χ1v) is 5.98. The van der Waals surface area contributed by atoms with Crippen molar-refractivity contribution in [3.63, 3.8) is 0 Å². The predicted octanol–water partition coefficient (Wildman–Crippen LogP) is 1.06. The predicted molar refractivity (Wildman–Crippen MR) is 67.3 cm³/mol. The molecule has 0 spiro atoms. The molecule has 1 rings (SSSR count). The first-order valence-electron chi connectivity index (χ1n) is 5.18. The zero-order valence-corrected chi connectivity index (χ0v) is 11.3. The van der Waals surface area contributed by atoms with E-state index >= 15 is 0 Å². The van der Waals surface area contributed by atoms with Gasteiger partial charge in [0, 0.05) is 30.8 Å². The quantitative estimate of drug-likeness (QED) is 0.819. The molecular weight excluding hydrogens is 304 g/mol. The van der Waals surface area contributed by atoms with Crippen molar-refractivity contribution in [3.05, 3.63) is 28.5 Å². The van der Waals surface area contributed by atoms with Crippen molar-refractivity contribution in [2.24, 2.45) is 0 Å². The molecule has 1 aromatic heterocycles. The molecule has 7 heteroatoms. The van der Waals surface area contributed by atoms with Crippen LogP contribution in [-0.2, 0) is 9.53 Å². The van der Waals surface area contributed by atoms with E-state index < -0.39 is 17.9 Å². The maximum absolute atomic E-state index is 11.7. The fourth-order valence-electron chi connectivity index (χ4n) is 1.24. The van der Waals surface area contributed by atoms with E-state index in [0.29, 0.717) is 0 Å². The molecule has 0 fully saturated rings. The third-order valence-corrected chi connectivity index (χ3v) is 2.64. The Morgan fingerprint density at radius 2 is 2.28 bits per heavy atom. The van der Waals surface area contributed by atoms with E-state index in [0.717, 1.165) is 4.47 Å². The number of hydrogen-bond donors (Lipinski definition) is 2. The first kappa shape index (κ1) is 14.6. The number of aliphatic carboxylic acids is 1. The first-order chi connectivity index (χ1) is 8.54. The Hall–Kier alpha value is -1.47. The van der Waals surface area contributed by atoms with Crippen molar-refractivity contribution < 1.29 is 19.4 Å². The van der Waals surface area contributed by atoms with Crippen LogP contribution in [0.1, 0.15) is 16.9 Å². The largest absolute Gasteiger partial charge is 0.480 e. The molecule has 0 aromatic carbocycles. The SMILES string of the molecule is COCCC(NC(=O)c1ccc(Br)cn1)C(=O)O. The van der Waals surface area contributed by atoms with E-state index in [4.69, 9.17) is 9.84 Å². The summed E-state index contributed by atoms with van der Waals surface area (Å²) in [5.74, 6) is -1.62. The summed E-state index contributed by atoms with van der Waals surface area (Å²) in [6, 6.07) is 2.18. The molecule has 6 nitrogen and oxygen atoms in total. The van der Waals surface area contributed by atoms with Crippen molar-refractivity contribution in [2.75, 3.05) is 13.7 Å². The fourth-order valence-corrected chi connectivity index (χ4v) is 1.47. The lowest BCUT2D eigenvalue weighted by Gasteiger charge is -2.13. The van der Waals surface area contributed by atoms with Crippen molar-refractivity contribution in [2.45, 2.75) is 12.5 Å². The molecule has 0 bridgehead atoms. The summed E-state index contributed by atoms with van der Waals surface area (Å²) >= 11 is 3.20. The zero-order valence-electron chi connectivity index (χ0n) is 9.72. The van der Waals surface area contributed by atoms with E-state index in [-0.39, 0.29) is 18.7 Å². The second kappa shape index (κ2) is 7.07. The Balaban J connectivity index is 2.66. The summed E-state index contributed by atoms with van der Waals surface area (Å²) in [5.41, 5.74) is 0.168. The Labute approximate surface area is 112 Å². The number of nitrogens with zero attached hydrogens (tertiary/aromatic N) is 1. The molecular formula is C11H13BrN2O4. The Kier molecular flexibility index (Phi) is 5.73. The van der Waals surface area contributed by atoms with Crippen LogP contribution in [0.4, 0.5) is 0 Å². The zero-order chi connectivity index (χ0) is 13.5. The van der Waals surface area contributed by atoms with Crippen molar-refractivity contribution in [1.29, 1.82) is 0 Å². The number of ether oxygens (including phenoxy) is 1. The summed E-state index contributed by atoms with van der Waals surface area (Å²) in [5, 5.41) is 11.3.